The number of ether oxygens (including phenoxy) is 1. The summed E-state index contributed by atoms with van der Waals surface area (Å²) in [5, 5.41) is 19.0. The number of imidazole rings is 1. The normalized spacial score (nSPS) is 12.9. The van der Waals surface area contributed by atoms with Crippen molar-refractivity contribution in [3.05, 3.63) is 65.9 Å². The van der Waals surface area contributed by atoms with E-state index in [2.05, 4.69) is 32.5 Å². The molecule has 0 spiro atoms. The molecular weight excluding hydrogens is 416 g/mol. The van der Waals surface area contributed by atoms with E-state index < -0.39 is 0 Å². The first kappa shape index (κ1) is 19.5. The molecule has 0 amide bonds. The monoisotopic (exact) mass is 438 g/mol. The van der Waals surface area contributed by atoms with Crippen LogP contribution in [-0.2, 0) is 20.1 Å². The molecule has 5 aromatic rings. The average Bonchev–Trinajstić information content (AvgIpc) is 3.54. The van der Waals surface area contributed by atoms with Gasteiger partial charge in [0.25, 0.3) is 0 Å². The lowest BCUT2D eigenvalue weighted by molar-refractivity contribution is 0.398. The Morgan fingerprint density at radius 3 is 2.42 bits per heavy atom. The van der Waals surface area contributed by atoms with Crippen LogP contribution in [0.1, 0.15) is 11.1 Å². The van der Waals surface area contributed by atoms with E-state index in [1.54, 1.807) is 18.0 Å². The predicted octanol–water partition coefficient (Wildman–Crippen LogP) is 4.01. The van der Waals surface area contributed by atoms with Crippen molar-refractivity contribution >= 4 is 11.0 Å². The van der Waals surface area contributed by atoms with Crippen LogP contribution in [0.2, 0.25) is 0 Å². The number of nitrogens with zero attached hydrogens (tertiary/aromatic N) is 4. The molecule has 6 rings (SSSR count). The summed E-state index contributed by atoms with van der Waals surface area (Å²) < 4.78 is 6.79. The highest BCUT2D eigenvalue weighted by molar-refractivity contribution is 5.84. The number of nitrogens with one attached hydrogen (secondary N) is 2. The zero-order valence-electron chi connectivity index (χ0n) is 18.3. The molecule has 8 heteroatoms. The number of hydrogen-bond donors (Lipinski definition) is 3. The Kier molecular flexibility index (Phi) is 4.41. The molecule has 2 aromatic carbocycles. The number of hydrogen-bond acceptors (Lipinski definition) is 6. The number of H-pyrrole nitrogens is 1. The second kappa shape index (κ2) is 7.46. The molecular formula is C25H22N6O2. The number of aryl methyl sites for hydroxylation is 1. The largest absolute Gasteiger partial charge is 0.504 e. The fourth-order valence-electron chi connectivity index (χ4n) is 4.38. The Balaban J connectivity index is 1.35. The molecule has 4 heterocycles. The summed E-state index contributed by atoms with van der Waals surface area (Å²) in [5.74, 6) is 1.28. The minimum Gasteiger partial charge on any atom is -0.504 e. The zero-order chi connectivity index (χ0) is 22.5. The first-order valence-electron chi connectivity index (χ1n) is 10.7. The number of aromatic nitrogens is 5. The number of benzene rings is 2. The van der Waals surface area contributed by atoms with Crippen LogP contribution < -0.4 is 10.1 Å². The molecule has 0 fully saturated rings. The molecule has 3 aromatic heterocycles. The molecule has 0 bridgehead atoms. The average molecular weight is 438 g/mol. The lowest BCUT2D eigenvalue weighted by atomic mass is 10.0. The third-order valence-corrected chi connectivity index (χ3v) is 6.12. The molecule has 1 aliphatic rings. The van der Waals surface area contributed by atoms with Gasteiger partial charge in [-0.25, -0.2) is 9.97 Å². The topological polar surface area (TPSA) is 101 Å². The van der Waals surface area contributed by atoms with E-state index in [1.165, 1.54) is 11.1 Å². The summed E-state index contributed by atoms with van der Waals surface area (Å²) in [6.07, 6.45) is 1.78. The van der Waals surface area contributed by atoms with Gasteiger partial charge in [0.2, 0.25) is 5.88 Å². The van der Waals surface area contributed by atoms with Crippen LogP contribution >= 0.6 is 0 Å². The summed E-state index contributed by atoms with van der Waals surface area (Å²) in [7, 11) is 3.41. The van der Waals surface area contributed by atoms with E-state index in [0.29, 0.717) is 23.1 Å². The van der Waals surface area contributed by atoms with Gasteiger partial charge in [0.05, 0.1) is 18.1 Å². The van der Waals surface area contributed by atoms with Gasteiger partial charge >= 0.3 is 0 Å². The van der Waals surface area contributed by atoms with Gasteiger partial charge in [-0.3, -0.25) is 4.68 Å². The lowest BCUT2D eigenvalue weighted by Gasteiger charge is -2.04. The predicted molar refractivity (Wildman–Crippen MR) is 126 cm³/mol. The van der Waals surface area contributed by atoms with Crippen molar-refractivity contribution in [2.24, 2.45) is 7.05 Å². The van der Waals surface area contributed by atoms with Gasteiger partial charge in [-0.05, 0) is 34.9 Å². The van der Waals surface area contributed by atoms with Crippen LogP contribution in [0, 0.1) is 0 Å². The number of rotatable bonds is 4. The Morgan fingerprint density at radius 2 is 1.70 bits per heavy atom. The summed E-state index contributed by atoms with van der Waals surface area (Å²) in [6.45, 7) is 1.72. The summed E-state index contributed by atoms with van der Waals surface area (Å²) in [4.78, 5) is 12.3. The van der Waals surface area contributed by atoms with Gasteiger partial charge in [-0.1, -0.05) is 24.3 Å². The van der Waals surface area contributed by atoms with E-state index in [1.807, 2.05) is 43.4 Å². The van der Waals surface area contributed by atoms with Gasteiger partial charge in [-0.2, -0.15) is 5.10 Å². The van der Waals surface area contributed by atoms with Crippen molar-refractivity contribution in [2.45, 2.75) is 13.1 Å². The molecule has 3 N–H and O–H groups in total. The maximum absolute atomic E-state index is 11.1. The number of methoxy groups -OCH3 is 1. The fraction of sp³-hybridized carbons (Fsp3) is 0.160. The third kappa shape index (κ3) is 3.23. The molecule has 1 aliphatic heterocycles. The summed E-state index contributed by atoms with van der Waals surface area (Å²) >= 11 is 0. The van der Waals surface area contributed by atoms with E-state index in [9.17, 15) is 5.11 Å². The highest BCUT2D eigenvalue weighted by atomic mass is 16.5. The Labute approximate surface area is 189 Å². The number of fused-ring (bicyclic) bond motifs is 2. The molecule has 0 saturated carbocycles. The van der Waals surface area contributed by atoms with Crippen molar-refractivity contribution in [2.75, 3.05) is 7.11 Å². The van der Waals surface area contributed by atoms with Crippen molar-refractivity contribution in [1.82, 2.24) is 30.0 Å². The standard InChI is InChI=1S/C25H22N6O2/c1-31-23(25-28-19-9-17-11-26-12-18(17)10-20(19)29-25)24(32)22(30-31)15-5-3-14(4-6-15)16-7-8-21(33-2)27-13-16/h3-10,13,26,32H,11-12H2,1-2H3,(H,28,29). The molecule has 0 aliphatic carbocycles. The van der Waals surface area contributed by atoms with Crippen molar-refractivity contribution in [3.8, 4) is 45.5 Å². The zero-order valence-corrected chi connectivity index (χ0v) is 18.3. The van der Waals surface area contributed by atoms with Gasteiger partial charge in [0.1, 0.15) is 11.4 Å². The van der Waals surface area contributed by atoms with E-state index >= 15 is 0 Å². The molecule has 164 valence electrons. The van der Waals surface area contributed by atoms with Gasteiger partial charge in [-0.15, -0.1) is 0 Å². The highest BCUT2D eigenvalue weighted by Crippen LogP contribution is 2.38. The van der Waals surface area contributed by atoms with Crippen molar-refractivity contribution < 1.29 is 9.84 Å². The Bertz CT molecular complexity index is 1440. The molecule has 33 heavy (non-hydrogen) atoms. The Morgan fingerprint density at radius 1 is 0.970 bits per heavy atom. The van der Waals surface area contributed by atoms with Crippen LogP contribution in [-0.4, -0.2) is 36.9 Å². The van der Waals surface area contributed by atoms with Crippen LogP contribution in [0.5, 0.6) is 11.6 Å². The number of pyridine rings is 1. The highest BCUT2D eigenvalue weighted by Gasteiger charge is 2.22. The van der Waals surface area contributed by atoms with E-state index in [0.717, 1.165) is 40.8 Å². The van der Waals surface area contributed by atoms with Crippen molar-refractivity contribution in [3.63, 3.8) is 0 Å². The molecule has 0 unspecified atom stereocenters. The van der Waals surface area contributed by atoms with Crippen LogP contribution in [0.15, 0.2) is 54.7 Å². The fourth-order valence-corrected chi connectivity index (χ4v) is 4.38. The first-order valence-corrected chi connectivity index (χ1v) is 10.7. The quantitative estimate of drug-likeness (QED) is 0.392. The van der Waals surface area contributed by atoms with Gasteiger partial charge < -0.3 is 20.1 Å². The van der Waals surface area contributed by atoms with Crippen LogP contribution in [0.4, 0.5) is 0 Å². The van der Waals surface area contributed by atoms with Gasteiger partial charge in [0, 0.05) is 43.5 Å². The first-order chi connectivity index (χ1) is 16.1. The maximum atomic E-state index is 11.1. The molecule has 0 saturated heterocycles. The second-order valence-electron chi connectivity index (χ2n) is 8.16. The lowest BCUT2D eigenvalue weighted by Crippen LogP contribution is -1.99. The number of aromatic amines is 1. The maximum Gasteiger partial charge on any atom is 0.212 e. The Hall–Kier alpha value is -4.17. The number of aromatic hydroxyl groups is 1. The minimum absolute atomic E-state index is 0.102. The summed E-state index contributed by atoms with van der Waals surface area (Å²) in [5.41, 5.74) is 8.27. The third-order valence-electron chi connectivity index (χ3n) is 6.12. The smallest absolute Gasteiger partial charge is 0.212 e. The van der Waals surface area contributed by atoms with Crippen molar-refractivity contribution in [1.29, 1.82) is 0 Å². The molecule has 0 radical (unpaired) electrons. The molecule has 8 nitrogen and oxygen atoms in total. The SMILES string of the molecule is COc1ccc(-c2ccc(-c3nn(C)c(-c4nc5cc6c(cc5[nH]4)CNC6)c3O)cc2)cn1. The van der Waals surface area contributed by atoms with Gasteiger partial charge in [0.15, 0.2) is 11.6 Å². The van der Waals surface area contributed by atoms with Crippen LogP contribution in [0.3, 0.4) is 0 Å². The second-order valence-corrected chi connectivity index (χ2v) is 8.16. The van der Waals surface area contributed by atoms with Crippen LogP contribution in [0.25, 0.3) is 44.9 Å². The minimum atomic E-state index is 0.102. The molecule has 0 atom stereocenters. The summed E-state index contributed by atoms with van der Waals surface area (Å²) in [6, 6.07) is 15.9. The van der Waals surface area contributed by atoms with E-state index in [-0.39, 0.29) is 5.75 Å². The van der Waals surface area contributed by atoms with E-state index in [4.69, 9.17) is 9.72 Å².